The summed E-state index contributed by atoms with van der Waals surface area (Å²) in [4.78, 5) is 35.8. The van der Waals surface area contributed by atoms with Gasteiger partial charge in [0.15, 0.2) is 0 Å². The van der Waals surface area contributed by atoms with Crippen LogP contribution in [-0.4, -0.2) is 23.5 Å². The fourth-order valence-corrected chi connectivity index (χ4v) is 2.93. The quantitative estimate of drug-likeness (QED) is 0.688. The van der Waals surface area contributed by atoms with E-state index in [1.165, 1.54) is 35.5 Å². The van der Waals surface area contributed by atoms with Crippen LogP contribution in [0.5, 0.6) is 0 Å². The molecule has 0 saturated carbocycles. The Hall–Kier alpha value is -2.80. The van der Waals surface area contributed by atoms with E-state index >= 15 is 0 Å². The van der Waals surface area contributed by atoms with Crippen molar-refractivity contribution in [2.75, 3.05) is 11.1 Å². The molecule has 2 aromatic rings. The molecule has 0 bridgehead atoms. The summed E-state index contributed by atoms with van der Waals surface area (Å²) in [7, 11) is 0. The van der Waals surface area contributed by atoms with E-state index in [1.54, 1.807) is 0 Å². The largest absolute Gasteiger partial charge is 0.366 e. The summed E-state index contributed by atoms with van der Waals surface area (Å²) in [6, 6.07) is 10.1. The molecule has 0 spiro atoms. The van der Waals surface area contributed by atoms with Gasteiger partial charge in [-0.15, -0.1) is 11.8 Å². The van der Waals surface area contributed by atoms with E-state index in [0.29, 0.717) is 5.69 Å². The average molecular weight is 357 g/mol. The van der Waals surface area contributed by atoms with Crippen LogP contribution >= 0.6 is 11.8 Å². The van der Waals surface area contributed by atoms with E-state index in [2.05, 4.69) is 5.32 Å². The van der Waals surface area contributed by atoms with Crippen LogP contribution in [0.4, 0.5) is 5.69 Å². The number of thioether (sulfide) groups is 1. The molecule has 0 radical (unpaired) electrons. The van der Waals surface area contributed by atoms with E-state index in [-0.39, 0.29) is 22.8 Å². The monoisotopic (exact) mass is 357 g/mol. The highest BCUT2D eigenvalue weighted by Gasteiger charge is 2.11. The zero-order valence-electron chi connectivity index (χ0n) is 14.0. The van der Waals surface area contributed by atoms with E-state index in [0.717, 1.165) is 10.5 Å². The Labute approximate surface area is 150 Å². The summed E-state index contributed by atoms with van der Waals surface area (Å²) in [5.41, 5.74) is 13.3. The Bertz CT molecular complexity index is 817. The van der Waals surface area contributed by atoms with Crippen LogP contribution in [0.15, 0.2) is 41.3 Å². The highest BCUT2D eigenvalue weighted by Crippen LogP contribution is 2.22. The first-order valence-electron chi connectivity index (χ1n) is 7.51. The number of primary amides is 2. The lowest BCUT2D eigenvalue weighted by atomic mass is 10.1. The molecule has 0 fully saturated rings. The molecule has 130 valence electrons. The summed E-state index contributed by atoms with van der Waals surface area (Å²) in [5, 5.41) is 2.65. The minimum atomic E-state index is -0.705. The fraction of sp³-hybridized carbons (Fsp3) is 0.167. The van der Waals surface area contributed by atoms with Gasteiger partial charge in [0.25, 0.3) is 0 Å². The maximum atomic E-state index is 12.1. The van der Waals surface area contributed by atoms with Gasteiger partial charge in [-0.05, 0) is 55.3 Å². The molecule has 0 heterocycles. The van der Waals surface area contributed by atoms with Gasteiger partial charge in [0, 0.05) is 21.7 Å². The molecule has 0 saturated heterocycles. The van der Waals surface area contributed by atoms with Gasteiger partial charge in [-0.25, -0.2) is 0 Å². The molecule has 0 aliphatic rings. The first-order chi connectivity index (χ1) is 11.8. The molecule has 3 amide bonds. The number of anilines is 1. The third kappa shape index (κ3) is 5.09. The third-order valence-electron chi connectivity index (χ3n) is 3.63. The minimum Gasteiger partial charge on any atom is -0.366 e. The third-order valence-corrected chi connectivity index (χ3v) is 4.63. The lowest BCUT2D eigenvalue weighted by Gasteiger charge is -2.09. The predicted octanol–water partition coefficient (Wildman–Crippen LogP) is 2.23. The van der Waals surface area contributed by atoms with Gasteiger partial charge in [0.2, 0.25) is 17.7 Å². The van der Waals surface area contributed by atoms with Crippen LogP contribution in [0.1, 0.15) is 31.8 Å². The van der Waals surface area contributed by atoms with Crippen molar-refractivity contribution in [3.8, 4) is 0 Å². The predicted molar refractivity (Wildman–Crippen MR) is 98.7 cm³/mol. The lowest BCUT2D eigenvalue weighted by Crippen LogP contribution is -2.18. The summed E-state index contributed by atoms with van der Waals surface area (Å²) in [6.45, 7) is 4.04. The van der Waals surface area contributed by atoms with E-state index < -0.39 is 11.8 Å². The van der Waals surface area contributed by atoms with Gasteiger partial charge in [-0.1, -0.05) is 6.07 Å². The van der Waals surface area contributed by atoms with Crippen LogP contribution in [-0.2, 0) is 4.79 Å². The van der Waals surface area contributed by atoms with Crippen LogP contribution in [0, 0.1) is 13.8 Å². The van der Waals surface area contributed by atoms with Crippen LogP contribution in [0.2, 0.25) is 0 Å². The van der Waals surface area contributed by atoms with Crippen molar-refractivity contribution in [2.24, 2.45) is 11.5 Å². The number of carbonyl (C=O) groups is 3. The standard InChI is InChI=1S/C18H19N3O3S/c1-10-3-4-15(5-11(10)2)25-9-16(22)21-14-7-12(17(19)23)6-13(8-14)18(20)24/h3-8H,9H2,1-2H3,(H2,19,23)(H2,20,24)(H,21,22). The second-order valence-corrected chi connectivity index (χ2v) is 6.66. The average Bonchev–Trinajstić information content (AvgIpc) is 2.55. The van der Waals surface area contributed by atoms with Crippen molar-refractivity contribution in [1.82, 2.24) is 0 Å². The van der Waals surface area contributed by atoms with Gasteiger partial charge < -0.3 is 16.8 Å². The molecule has 25 heavy (non-hydrogen) atoms. The summed E-state index contributed by atoms with van der Waals surface area (Å²) in [6.07, 6.45) is 0. The molecule has 7 heteroatoms. The van der Waals surface area contributed by atoms with Gasteiger partial charge >= 0.3 is 0 Å². The Morgan fingerprint density at radius 1 is 0.920 bits per heavy atom. The molecule has 5 N–H and O–H groups in total. The number of benzene rings is 2. The maximum absolute atomic E-state index is 12.1. The molecule has 2 aromatic carbocycles. The number of hydrogen-bond donors (Lipinski definition) is 3. The Morgan fingerprint density at radius 3 is 2.04 bits per heavy atom. The van der Waals surface area contributed by atoms with Crippen LogP contribution in [0.25, 0.3) is 0 Å². The van der Waals surface area contributed by atoms with E-state index in [9.17, 15) is 14.4 Å². The molecule has 0 unspecified atom stereocenters. The van der Waals surface area contributed by atoms with Gasteiger partial charge in [0.1, 0.15) is 0 Å². The van der Waals surface area contributed by atoms with Crippen LogP contribution in [0.3, 0.4) is 0 Å². The zero-order chi connectivity index (χ0) is 18.6. The van der Waals surface area contributed by atoms with Gasteiger partial charge in [-0.2, -0.15) is 0 Å². The maximum Gasteiger partial charge on any atom is 0.248 e. The first-order valence-corrected chi connectivity index (χ1v) is 8.49. The van der Waals surface area contributed by atoms with E-state index in [1.807, 2.05) is 32.0 Å². The van der Waals surface area contributed by atoms with Crippen molar-refractivity contribution in [3.05, 3.63) is 58.7 Å². The molecular formula is C18H19N3O3S. The second kappa shape index (κ2) is 7.85. The fourth-order valence-electron chi connectivity index (χ4n) is 2.13. The van der Waals surface area contributed by atoms with Crippen LogP contribution < -0.4 is 16.8 Å². The Kier molecular flexibility index (Phi) is 5.82. The number of rotatable bonds is 6. The second-order valence-electron chi connectivity index (χ2n) is 5.61. The number of nitrogens with one attached hydrogen (secondary N) is 1. The van der Waals surface area contributed by atoms with Crippen molar-refractivity contribution < 1.29 is 14.4 Å². The molecule has 0 aliphatic heterocycles. The number of hydrogen-bond acceptors (Lipinski definition) is 4. The minimum absolute atomic E-state index is 0.105. The molecule has 0 aromatic heterocycles. The van der Waals surface area contributed by atoms with Crippen molar-refractivity contribution in [1.29, 1.82) is 0 Å². The normalized spacial score (nSPS) is 10.3. The molecular weight excluding hydrogens is 338 g/mol. The summed E-state index contributed by atoms with van der Waals surface area (Å²) < 4.78 is 0. The topological polar surface area (TPSA) is 115 Å². The molecule has 0 aliphatic carbocycles. The number of carbonyl (C=O) groups excluding carboxylic acids is 3. The summed E-state index contributed by atoms with van der Waals surface area (Å²) in [5.74, 6) is -1.48. The van der Waals surface area contributed by atoms with Crippen molar-refractivity contribution in [3.63, 3.8) is 0 Å². The smallest absolute Gasteiger partial charge is 0.248 e. The zero-order valence-corrected chi connectivity index (χ0v) is 14.8. The van der Waals surface area contributed by atoms with Crippen molar-refractivity contribution in [2.45, 2.75) is 18.7 Å². The summed E-state index contributed by atoms with van der Waals surface area (Å²) >= 11 is 1.40. The molecule has 6 nitrogen and oxygen atoms in total. The van der Waals surface area contributed by atoms with Gasteiger partial charge in [0.05, 0.1) is 5.75 Å². The first kappa shape index (κ1) is 18.5. The lowest BCUT2D eigenvalue weighted by molar-refractivity contribution is -0.113. The Morgan fingerprint density at radius 2 is 1.52 bits per heavy atom. The molecule has 2 rings (SSSR count). The SMILES string of the molecule is Cc1ccc(SCC(=O)Nc2cc(C(N)=O)cc(C(N)=O)c2)cc1C. The van der Waals surface area contributed by atoms with Crippen molar-refractivity contribution >= 4 is 35.2 Å². The number of aryl methyl sites for hydroxylation is 2. The van der Waals surface area contributed by atoms with Gasteiger partial charge in [-0.3, -0.25) is 14.4 Å². The number of amides is 3. The highest BCUT2D eigenvalue weighted by atomic mass is 32.2. The molecule has 0 atom stereocenters. The highest BCUT2D eigenvalue weighted by molar-refractivity contribution is 8.00. The number of nitrogens with two attached hydrogens (primary N) is 2. The van der Waals surface area contributed by atoms with E-state index in [4.69, 9.17) is 11.5 Å². The Balaban J connectivity index is 2.07.